The van der Waals surface area contributed by atoms with Gasteiger partial charge in [-0.1, -0.05) is 0 Å². The number of imidazole rings is 1. The minimum Gasteiger partial charge on any atom is -0.378 e. The van der Waals surface area contributed by atoms with Gasteiger partial charge in [0.15, 0.2) is 0 Å². The number of nitrogens with zero attached hydrogens (tertiary/aromatic N) is 4. The molecule has 0 saturated carbocycles. The largest absolute Gasteiger partial charge is 0.378 e. The summed E-state index contributed by atoms with van der Waals surface area (Å²) in [7, 11) is 0. The lowest BCUT2D eigenvalue weighted by Gasteiger charge is -2.29. The van der Waals surface area contributed by atoms with E-state index in [2.05, 4.69) is 19.8 Å². The summed E-state index contributed by atoms with van der Waals surface area (Å²) in [4.78, 5) is 21.0. The molecular weight excluding hydrogens is 361 g/mol. The second-order valence-electron chi connectivity index (χ2n) is 7.34. The summed E-state index contributed by atoms with van der Waals surface area (Å²) in [5.74, 6) is 0.582. The number of hydrogen-bond acceptors (Lipinski definition) is 4. The minimum atomic E-state index is -0.355. The van der Waals surface area contributed by atoms with Gasteiger partial charge in [0.1, 0.15) is 11.6 Å². The number of benzene rings is 1. The number of likely N-dealkylation sites (tertiary alicyclic amines) is 1. The van der Waals surface area contributed by atoms with E-state index in [4.69, 9.17) is 4.74 Å². The summed E-state index contributed by atoms with van der Waals surface area (Å²) < 4.78 is 21.6. The number of anilines is 2. The summed E-state index contributed by atoms with van der Waals surface area (Å²) in [6.45, 7) is 6.07. The third kappa shape index (κ3) is 4.11. The van der Waals surface area contributed by atoms with Crippen molar-refractivity contribution < 1.29 is 13.9 Å². The van der Waals surface area contributed by atoms with Gasteiger partial charge in [0.2, 0.25) is 0 Å². The third-order valence-electron chi connectivity index (χ3n) is 5.48. The van der Waals surface area contributed by atoms with E-state index < -0.39 is 0 Å². The molecule has 2 aliphatic heterocycles. The Morgan fingerprint density at radius 2 is 2.11 bits per heavy atom. The number of halogens is 1. The summed E-state index contributed by atoms with van der Waals surface area (Å²) in [5, 5.41) is 2.89. The second-order valence-corrected chi connectivity index (χ2v) is 7.34. The van der Waals surface area contributed by atoms with Gasteiger partial charge in [0.05, 0.1) is 19.3 Å². The zero-order valence-corrected chi connectivity index (χ0v) is 16.1. The molecule has 4 rings (SSSR count). The molecule has 28 heavy (non-hydrogen) atoms. The standard InChI is InChI=1S/C20H26FN5O2/c1-15-22-4-6-25(15)14-18-3-2-5-26(18)20(27)23-17-11-16(21)12-19(13-17)24-7-9-28-10-8-24/h4,6,11-13,18H,2-3,5,7-10,14H2,1H3,(H,23,27). The molecule has 0 bridgehead atoms. The smallest absolute Gasteiger partial charge is 0.322 e. The molecule has 0 radical (unpaired) electrons. The van der Waals surface area contributed by atoms with Gasteiger partial charge in [0.25, 0.3) is 0 Å². The summed E-state index contributed by atoms with van der Waals surface area (Å²) >= 11 is 0. The molecule has 1 N–H and O–H groups in total. The Morgan fingerprint density at radius 1 is 1.29 bits per heavy atom. The first-order chi connectivity index (χ1) is 13.6. The molecule has 2 fully saturated rings. The van der Waals surface area contributed by atoms with Crippen molar-refractivity contribution in [3.63, 3.8) is 0 Å². The van der Waals surface area contributed by atoms with Crippen molar-refractivity contribution in [1.82, 2.24) is 14.5 Å². The lowest BCUT2D eigenvalue weighted by Crippen LogP contribution is -2.41. The highest BCUT2D eigenvalue weighted by atomic mass is 19.1. The topological polar surface area (TPSA) is 62.6 Å². The Bertz CT molecular complexity index is 834. The fourth-order valence-corrected chi connectivity index (χ4v) is 3.96. The number of ether oxygens (including phenoxy) is 1. The number of aryl methyl sites for hydroxylation is 1. The van der Waals surface area contributed by atoms with Crippen LogP contribution in [-0.4, -0.2) is 59.4 Å². The average molecular weight is 387 g/mol. The molecule has 0 spiro atoms. The van der Waals surface area contributed by atoms with Crippen LogP contribution in [0, 0.1) is 12.7 Å². The molecule has 7 nitrogen and oxygen atoms in total. The van der Waals surface area contributed by atoms with Crippen LogP contribution in [0.25, 0.3) is 0 Å². The van der Waals surface area contributed by atoms with E-state index in [1.165, 1.54) is 12.1 Å². The highest BCUT2D eigenvalue weighted by Gasteiger charge is 2.29. The molecule has 8 heteroatoms. The number of nitrogens with one attached hydrogen (secondary N) is 1. The summed E-state index contributed by atoms with van der Waals surface area (Å²) in [6.07, 6.45) is 5.63. The molecule has 2 amide bonds. The molecule has 150 valence electrons. The SMILES string of the molecule is Cc1nccn1CC1CCCN1C(=O)Nc1cc(F)cc(N2CCOCC2)c1. The van der Waals surface area contributed by atoms with E-state index in [1.54, 1.807) is 6.20 Å². The predicted molar refractivity (Wildman–Crippen MR) is 105 cm³/mol. The van der Waals surface area contributed by atoms with Crippen LogP contribution < -0.4 is 10.2 Å². The minimum absolute atomic E-state index is 0.111. The van der Waals surface area contributed by atoms with E-state index in [1.807, 2.05) is 24.1 Å². The third-order valence-corrected chi connectivity index (χ3v) is 5.48. The Labute approximate surface area is 164 Å². The van der Waals surface area contributed by atoms with Crippen LogP contribution in [0.1, 0.15) is 18.7 Å². The normalized spacial score (nSPS) is 19.9. The second kappa shape index (κ2) is 8.18. The van der Waals surface area contributed by atoms with Crippen LogP contribution in [0.5, 0.6) is 0 Å². The number of carbonyl (C=O) groups is 1. The maximum Gasteiger partial charge on any atom is 0.322 e. The Hall–Kier alpha value is -2.61. The maximum atomic E-state index is 14.2. The number of aromatic nitrogens is 2. The van der Waals surface area contributed by atoms with Crippen molar-refractivity contribution in [2.75, 3.05) is 43.1 Å². The Balaban J connectivity index is 1.45. The van der Waals surface area contributed by atoms with E-state index in [0.29, 0.717) is 25.4 Å². The lowest BCUT2D eigenvalue weighted by molar-refractivity contribution is 0.122. The first kappa shape index (κ1) is 18.7. The molecule has 1 aromatic heterocycles. The molecule has 2 saturated heterocycles. The van der Waals surface area contributed by atoms with Crippen LogP contribution in [0.2, 0.25) is 0 Å². The number of urea groups is 1. The van der Waals surface area contributed by atoms with Crippen LogP contribution in [-0.2, 0) is 11.3 Å². The van der Waals surface area contributed by atoms with Gasteiger partial charge in [-0.2, -0.15) is 0 Å². The number of rotatable bonds is 4. The molecule has 0 aliphatic carbocycles. The monoisotopic (exact) mass is 387 g/mol. The van der Waals surface area contributed by atoms with Crippen LogP contribution >= 0.6 is 0 Å². The van der Waals surface area contributed by atoms with Crippen molar-refractivity contribution in [2.45, 2.75) is 32.4 Å². The molecule has 3 heterocycles. The summed E-state index contributed by atoms with van der Waals surface area (Å²) in [5.41, 5.74) is 1.25. The van der Waals surface area contributed by atoms with E-state index in [-0.39, 0.29) is 17.9 Å². The quantitative estimate of drug-likeness (QED) is 0.876. The van der Waals surface area contributed by atoms with Gasteiger partial charge in [-0.25, -0.2) is 14.2 Å². The summed E-state index contributed by atoms with van der Waals surface area (Å²) in [6, 6.07) is 4.63. The Kier molecular flexibility index (Phi) is 5.47. The fourth-order valence-electron chi connectivity index (χ4n) is 3.96. The number of morpholine rings is 1. The number of carbonyl (C=O) groups excluding carboxylic acids is 1. The van der Waals surface area contributed by atoms with Gasteiger partial charge >= 0.3 is 6.03 Å². The zero-order chi connectivity index (χ0) is 19.5. The maximum absolute atomic E-state index is 14.2. The van der Waals surface area contributed by atoms with Crippen molar-refractivity contribution in [3.8, 4) is 0 Å². The van der Waals surface area contributed by atoms with Crippen molar-refractivity contribution in [1.29, 1.82) is 0 Å². The number of hydrogen-bond donors (Lipinski definition) is 1. The molecule has 2 aromatic rings. The first-order valence-corrected chi connectivity index (χ1v) is 9.79. The van der Waals surface area contributed by atoms with Gasteiger partial charge in [-0.15, -0.1) is 0 Å². The lowest BCUT2D eigenvalue weighted by atomic mass is 10.2. The van der Waals surface area contributed by atoms with Gasteiger partial charge < -0.3 is 24.4 Å². The molecule has 1 unspecified atom stereocenters. The van der Waals surface area contributed by atoms with Gasteiger partial charge in [-0.3, -0.25) is 0 Å². The average Bonchev–Trinajstić information content (AvgIpc) is 3.31. The van der Waals surface area contributed by atoms with E-state index in [0.717, 1.165) is 44.0 Å². The molecule has 1 aromatic carbocycles. The Morgan fingerprint density at radius 3 is 2.86 bits per heavy atom. The van der Waals surface area contributed by atoms with Gasteiger partial charge in [0, 0.05) is 49.9 Å². The van der Waals surface area contributed by atoms with E-state index in [9.17, 15) is 9.18 Å². The zero-order valence-electron chi connectivity index (χ0n) is 16.1. The highest BCUT2D eigenvalue weighted by Crippen LogP contribution is 2.25. The van der Waals surface area contributed by atoms with Crippen LogP contribution in [0.3, 0.4) is 0 Å². The van der Waals surface area contributed by atoms with Crippen LogP contribution in [0.15, 0.2) is 30.6 Å². The molecular formula is C20H26FN5O2. The van der Waals surface area contributed by atoms with Crippen molar-refractivity contribution in [2.24, 2.45) is 0 Å². The van der Waals surface area contributed by atoms with Crippen molar-refractivity contribution in [3.05, 3.63) is 42.2 Å². The fraction of sp³-hybridized carbons (Fsp3) is 0.500. The van der Waals surface area contributed by atoms with Crippen molar-refractivity contribution >= 4 is 17.4 Å². The predicted octanol–water partition coefficient (Wildman–Crippen LogP) is 2.86. The van der Waals surface area contributed by atoms with E-state index >= 15 is 0 Å². The molecule has 1 atom stereocenters. The highest BCUT2D eigenvalue weighted by molar-refractivity contribution is 5.90. The first-order valence-electron chi connectivity index (χ1n) is 9.79. The number of amides is 2. The van der Waals surface area contributed by atoms with Gasteiger partial charge in [-0.05, 0) is 38.0 Å². The van der Waals surface area contributed by atoms with Crippen LogP contribution in [0.4, 0.5) is 20.6 Å². The molecule has 2 aliphatic rings.